The predicted molar refractivity (Wildman–Crippen MR) is 101 cm³/mol. The molecule has 0 spiro atoms. The minimum absolute atomic E-state index is 0.231. The Morgan fingerprint density at radius 1 is 1.15 bits per heavy atom. The number of carbonyl (C=O) groups is 1. The van der Waals surface area contributed by atoms with Gasteiger partial charge in [-0.25, -0.2) is 4.79 Å². The quantitative estimate of drug-likeness (QED) is 0.670. The lowest BCUT2D eigenvalue weighted by atomic mass is 10.2. The van der Waals surface area contributed by atoms with E-state index in [9.17, 15) is 4.79 Å². The van der Waals surface area contributed by atoms with E-state index in [0.717, 1.165) is 5.69 Å². The van der Waals surface area contributed by atoms with E-state index in [1.807, 2.05) is 41.8 Å². The molecule has 8 nitrogen and oxygen atoms in total. The molecule has 3 rings (SSSR count). The maximum absolute atomic E-state index is 12.2. The standard InChI is InChI=1S/C19H21N5O3/c1-3-27-17-11-14(9-10-16(17)26-2)22-19(25)20-12-18-23-21-13-24(18)15-7-5-4-6-8-15/h4-11,13H,3,12H2,1-2H3,(H2,20,22,25). The number of ether oxygens (including phenoxy) is 2. The summed E-state index contributed by atoms with van der Waals surface area (Å²) in [6.07, 6.45) is 1.61. The summed E-state index contributed by atoms with van der Waals surface area (Å²) in [7, 11) is 1.57. The van der Waals surface area contributed by atoms with Crippen LogP contribution in [0.2, 0.25) is 0 Å². The van der Waals surface area contributed by atoms with Crippen molar-refractivity contribution in [3.8, 4) is 17.2 Å². The van der Waals surface area contributed by atoms with Crippen molar-refractivity contribution in [1.82, 2.24) is 20.1 Å². The van der Waals surface area contributed by atoms with Crippen LogP contribution in [0.25, 0.3) is 5.69 Å². The van der Waals surface area contributed by atoms with Crippen LogP contribution in [0, 0.1) is 0 Å². The van der Waals surface area contributed by atoms with E-state index in [-0.39, 0.29) is 12.6 Å². The fraction of sp³-hybridized carbons (Fsp3) is 0.211. The molecule has 0 saturated heterocycles. The van der Waals surface area contributed by atoms with Crippen molar-refractivity contribution in [2.45, 2.75) is 13.5 Å². The number of hydrogen-bond donors (Lipinski definition) is 2. The highest BCUT2D eigenvalue weighted by Crippen LogP contribution is 2.30. The zero-order valence-electron chi connectivity index (χ0n) is 15.2. The van der Waals surface area contributed by atoms with E-state index in [4.69, 9.17) is 9.47 Å². The second kappa shape index (κ2) is 8.70. The molecule has 2 aromatic carbocycles. The van der Waals surface area contributed by atoms with Crippen molar-refractivity contribution in [3.05, 3.63) is 60.7 Å². The number of hydrogen-bond acceptors (Lipinski definition) is 5. The molecule has 140 valence electrons. The number of methoxy groups -OCH3 is 1. The molecular formula is C19H21N5O3. The van der Waals surface area contributed by atoms with Gasteiger partial charge in [0.15, 0.2) is 17.3 Å². The molecule has 0 bridgehead atoms. The predicted octanol–water partition coefficient (Wildman–Crippen LogP) is 3.00. The fourth-order valence-corrected chi connectivity index (χ4v) is 2.54. The average Bonchev–Trinajstić information content (AvgIpc) is 3.16. The van der Waals surface area contributed by atoms with Gasteiger partial charge in [-0.1, -0.05) is 18.2 Å². The van der Waals surface area contributed by atoms with Crippen LogP contribution in [0.5, 0.6) is 11.5 Å². The van der Waals surface area contributed by atoms with Crippen molar-refractivity contribution in [2.75, 3.05) is 19.0 Å². The van der Waals surface area contributed by atoms with E-state index in [1.54, 1.807) is 31.6 Å². The number of urea groups is 1. The van der Waals surface area contributed by atoms with E-state index >= 15 is 0 Å². The number of aromatic nitrogens is 3. The first-order chi connectivity index (χ1) is 13.2. The summed E-state index contributed by atoms with van der Waals surface area (Å²) in [4.78, 5) is 12.2. The molecule has 27 heavy (non-hydrogen) atoms. The van der Waals surface area contributed by atoms with E-state index < -0.39 is 0 Å². The summed E-state index contributed by atoms with van der Waals surface area (Å²) in [6.45, 7) is 2.62. The van der Waals surface area contributed by atoms with Gasteiger partial charge in [0.25, 0.3) is 0 Å². The van der Waals surface area contributed by atoms with Crippen molar-refractivity contribution in [3.63, 3.8) is 0 Å². The zero-order valence-corrected chi connectivity index (χ0v) is 15.2. The molecule has 0 unspecified atom stereocenters. The molecular weight excluding hydrogens is 346 g/mol. The Morgan fingerprint density at radius 3 is 2.70 bits per heavy atom. The van der Waals surface area contributed by atoms with Gasteiger partial charge < -0.3 is 20.1 Å². The van der Waals surface area contributed by atoms with Crippen molar-refractivity contribution >= 4 is 11.7 Å². The first-order valence-corrected chi connectivity index (χ1v) is 8.51. The lowest BCUT2D eigenvalue weighted by Crippen LogP contribution is -2.29. The Balaban J connectivity index is 1.63. The van der Waals surface area contributed by atoms with E-state index in [2.05, 4.69) is 20.8 Å². The molecule has 0 fully saturated rings. The molecule has 2 amide bonds. The summed E-state index contributed by atoms with van der Waals surface area (Å²) in [6, 6.07) is 14.5. The molecule has 0 aliphatic carbocycles. The average molecular weight is 367 g/mol. The minimum atomic E-state index is -0.356. The van der Waals surface area contributed by atoms with Crippen LogP contribution in [0.1, 0.15) is 12.7 Å². The zero-order chi connectivity index (χ0) is 19.1. The van der Waals surface area contributed by atoms with E-state index in [1.165, 1.54) is 0 Å². The number of para-hydroxylation sites is 1. The molecule has 0 aliphatic heterocycles. The molecule has 3 aromatic rings. The van der Waals surface area contributed by atoms with E-state index in [0.29, 0.717) is 29.6 Å². The highest BCUT2D eigenvalue weighted by atomic mass is 16.5. The summed E-state index contributed by atoms with van der Waals surface area (Å²) in [5.74, 6) is 1.81. The number of rotatable bonds is 7. The fourth-order valence-electron chi connectivity index (χ4n) is 2.54. The summed E-state index contributed by atoms with van der Waals surface area (Å²) >= 11 is 0. The summed E-state index contributed by atoms with van der Waals surface area (Å²) < 4.78 is 12.6. The SMILES string of the molecule is CCOc1cc(NC(=O)NCc2nncn2-c2ccccc2)ccc1OC. The number of carbonyl (C=O) groups excluding carboxylic acids is 1. The topological polar surface area (TPSA) is 90.3 Å². The third kappa shape index (κ3) is 4.55. The van der Waals surface area contributed by atoms with Gasteiger partial charge in [0.05, 0.1) is 20.3 Å². The number of nitrogens with one attached hydrogen (secondary N) is 2. The Kier molecular flexibility index (Phi) is 5.88. The van der Waals surface area contributed by atoms with Crippen LogP contribution in [-0.2, 0) is 6.54 Å². The van der Waals surface area contributed by atoms with Crippen LogP contribution in [-0.4, -0.2) is 34.5 Å². The number of benzene rings is 2. The largest absolute Gasteiger partial charge is 0.493 e. The van der Waals surface area contributed by atoms with Gasteiger partial charge in [0.2, 0.25) is 0 Å². The molecule has 1 aromatic heterocycles. The molecule has 0 radical (unpaired) electrons. The van der Waals surface area contributed by atoms with Crippen LogP contribution in [0.3, 0.4) is 0 Å². The Bertz CT molecular complexity index is 895. The van der Waals surface area contributed by atoms with Gasteiger partial charge in [-0.2, -0.15) is 0 Å². The van der Waals surface area contributed by atoms with Crippen molar-refractivity contribution in [1.29, 1.82) is 0 Å². The van der Waals surface area contributed by atoms with Gasteiger partial charge in [0, 0.05) is 17.4 Å². The van der Waals surface area contributed by atoms with Crippen LogP contribution >= 0.6 is 0 Å². The summed E-state index contributed by atoms with van der Waals surface area (Å²) in [5, 5.41) is 13.5. The highest BCUT2D eigenvalue weighted by molar-refractivity contribution is 5.89. The second-order valence-electron chi connectivity index (χ2n) is 5.56. The number of nitrogens with zero attached hydrogens (tertiary/aromatic N) is 3. The Hall–Kier alpha value is -3.55. The lowest BCUT2D eigenvalue weighted by molar-refractivity contribution is 0.251. The molecule has 0 aliphatic rings. The summed E-state index contributed by atoms with van der Waals surface area (Å²) in [5.41, 5.74) is 1.53. The molecule has 2 N–H and O–H groups in total. The minimum Gasteiger partial charge on any atom is -0.493 e. The van der Waals surface area contributed by atoms with Gasteiger partial charge in [-0.05, 0) is 31.2 Å². The smallest absolute Gasteiger partial charge is 0.319 e. The normalized spacial score (nSPS) is 10.3. The van der Waals surface area contributed by atoms with Gasteiger partial charge >= 0.3 is 6.03 Å². The molecule has 8 heteroatoms. The number of amides is 2. The highest BCUT2D eigenvalue weighted by Gasteiger charge is 2.10. The van der Waals surface area contributed by atoms with Gasteiger partial charge in [0.1, 0.15) is 6.33 Å². The van der Waals surface area contributed by atoms with Crippen LogP contribution in [0.4, 0.5) is 10.5 Å². The lowest BCUT2D eigenvalue weighted by Gasteiger charge is -2.12. The van der Waals surface area contributed by atoms with Crippen LogP contribution in [0.15, 0.2) is 54.9 Å². The third-order valence-corrected chi connectivity index (χ3v) is 3.78. The monoisotopic (exact) mass is 367 g/mol. The van der Waals surface area contributed by atoms with Gasteiger partial charge in [-0.15, -0.1) is 10.2 Å². The Morgan fingerprint density at radius 2 is 1.96 bits per heavy atom. The van der Waals surface area contributed by atoms with Crippen molar-refractivity contribution < 1.29 is 14.3 Å². The maximum atomic E-state index is 12.2. The van der Waals surface area contributed by atoms with Crippen molar-refractivity contribution in [2.24, 2.45) is 0 Å². The first-order valence-electron chi connectivity index (χ1n) is 8.51. The maximum Gasteiger partial charge on any atom is 0.319 e. The Labute approximate surface area is 157 Å². The second-order valence-corrected chi connectivity index (χ2v) is 5.56. The van der Waals surface area contributed by atoms with Crippen LogP contribution < -0.4 is 20.1 Å². The third-order valence-electron chi connectivity index (χ3n) is 3.78. The molecule has 1 heterocycles. The number of anilines is 1. The molecule has 0 atom stereocenters. The molecule has 0 saturated carbocycles. The first kappa shape index (κ1) is 18.2. The van der Waals surface area contributed by atoms with Gasteiger partial charge in [-0.3, -0.25) is 4.57 Å².